The van der Waals surface area contributed by atoms with E-state index in [-0.39, 0.29) is 23.1 Å². The maximum absolute atomic E-state index is 13.6. The summed E-state index contributed by atoms with van der Waals surface area (Å²) in [6.45, 7) is 6.29. The van der Waals surface area contributed by atoms with Crippen LogP contribution in [0.1, 0.15) is 15.9 Å². The van der Waals surface area contributed by atoms with Gasteiger partial charge in [-0.25, -0.2) is 0 Å². The third-order valence-corrected chi connectivity index (χ3v) is 7.76. The van der Waals surface area contributed by atoms with E-state index in [1.165, 1.54) is 5.56 Å². The highest BCUT2D eigenvalue weighted by molar-refractivity contribution is 5.95. The molecule has 5 nitrogen and oxygen atoms in total. The minimum atomic E-state index is -0.0941. The van der Waals surface area contributed by atoms with Crippen LogP contribution < -0.4 is 5.32 Å². The number of amides is 1. The Hall–Kier alpha value is -3.15. The van der Waals surface area contributed by atoms with Gasteiger partial charge in [0, 0.05) is 62.2 Å². The van der Waals surface area contributed by atoms with Gasteiger partial charge in [-0.2, -0.15) is 0 Å². The van der Waals surface area contributed by atoms with Crippen molar-refractivity contribution in [2.45, 2.75) is 11.5 Å². The molecule has 0 aromatic heterocycles. The molecule has 0 spiro atoms. The molecule has 168 valence electrons. The van der Waals surface area contributed by atoms with Crippen molar-refractivity contribution in [3.63, 3.8) is 0 Å². The number of rotatable bonds is 4. The lowest BCUT2D eigenvalue weighted by molar-refractivity contribution is 0.0180. The third kappa shape index (κ3) is 3.62. The first-order chi connectivity index (χ1) is 16.1. The van der Waals surface area contributed by atoms with Gasteiger partial charge in [-0.1, -0.05) is 54.6 Å². The van der Waals surface area contributed by atoms with Crippen molar-refractivity contribution < 1.29 is 9.90 Å². The Balaban J connectivity index is 1.32. The van der Waals surface area contributed by atoms with E-state index in [2.05, 4.69) is 45.4 Å². The highest BCUT2D eigenvalue weighted by atomic mass is 16.3. The van der Waals surface area contributed by atoms with Crippen molar-refractivity contribution in [2.75, 3.05) is 39.3 Å². The van der Waals surface area contributed by atoms with Crippen LogP contribution in [0.4, 0.5) is 0 Å². The number of piperidine rings is 2. The average molecular weight is 440 g/mol. The van der Waals surface area contributed by atoms with Crippen molar-refractivity contribution in [1.29, 1.82) is 0 Å². The highest BCUT2D eigenvalue weighted by Crippen LogP contribution is 2.43. The van der Waals surface area contributed by atoms with E-state index in [9.17, 15) is 9.90 Å². The molecule has 3 aromatic rings. The molecule has 1 amide bonds. The summed E-state index contributed by atoms with van der Waals surface area (Å²) in [4.78, 5) is 18.7. The molecule has 3 atom stereocenters. The molecule has 4 aliphatic heterocycles. The molecule has 0 radical (unpaired) electrons. The summed E-state index contributed by atoms with van der Waals surface area (Å²) in [5, 5.41) is 13.1. The van der Waals surface area contributed by atoms with Gasteiger partial charge in [0.1, 0.15) is 5.75 Å². The summed E-state index contributed by atoms with van der Waals surface area (Å²) in [7, 11) is 0. The number of phenols is 1. The average Bonchev–Trinajstić information content (AvgIpc) is 3.10. The van der Waals surface area contributed by atoms with E-state index in [0.29, 0.717) is 11.5 Å². The van der Waals surface area contributed by atoms with Gasteiger partial charge < -0.3 is 20.2 Å². The zero-order valence-electron chi connectivity index (χ0n) is 18.7. The molecule has 0 aliphatic carbocycles. The minimum Gasteiger partial charge on any atom is -0.508 e. The lowest BCUT2D eigenvalue weighted by Crippen LogP contribution is -2.70. The fourth-order valence-corrected chi connectivity index (χ4v) is 6.29. The SMILES string of the molecule is O=C(NC1C2CN3CCN(C2)CC1(c1ccccc1)C3)c1cccc(-c2ccc(O)cc2)c1. The van der Waals surface area contributed by atoms with Crippen molar-refractivity contribution in [3.05, 3.63) is 90.0 Å². The predicted molar refractivity (Wildman–Crippen MR) is 129 cm³/mol. The normalized spacial score (nSPS) is 30.1. The van der Waals surface area contributed by atoms with Crippen LogP contribution >= 0.6 is 0 Å². The number of phenolic OH excluding ortho intramolecular Hbond substituents is 1. The number of nitrogens with zero attached hydrogens (tertiary/aromatic N) is 2. The van der Waals surface area contributed by atoms with Gasteiger partial charge in [0.2, 0.25) is 0 Å². The zero-order valence-corrected chi connectivity index (χ0v) is 18.7. The van der Waals surface area contributed by atoms with Crippen LogP contribution in [0.25, 0.3) is 11.1 Å². The molecule has 4 fully saturated rings. The van der Waals surface area contributed by atoms with Gasteiger partial charge >= 0.3 is 0 Å². The largest absolute Gasteiger partial charge is 0.508 e. The second-order valence-corrected chi connectivity index (χ2v) is 9.83. The Bertz CT molecular complexity index is 1150. The standard InChI is InChI=1S/C28H29N3O2/c32-25-11-9-20(10-12-25)21-5-4-6-22(15-21)27(33)29-26-23-16-30-13-14-31(17-23)19-28(26,18-30)24-7-2-1-3-8-24/h1-12,15,23,26,32H,13-14,16-19H2,(H,29,33). The smallest absolute Gasteiger partial charge is 0.251 e. The van der Waals surface area contributed by atoms with Crippen molar-refractivity contribution in [1.82, 2.24) is 15.1 Å². The van der Waals surface area contributed by atoms with Crippen molar-refractivity contribution in [3.8, 4) is 16.9 Å². The molecule has 5 heteroatoms. The van der Waals surface area contributed by atoms with E-state index in [4.69, 9.17) is 0 Å². The van der Waals surface area contributed by atoms with Gasteiger partial charge in [-0.05, 0) is 41.0 Å². The zero-order chi connectivity index (χ0) is 22.4. The summed E-state index contributed by atoms with van der Waals surface area (Å²) in [5.74, 6) is 0.648. The number of hydrogen-bond acceptors (Lipinski definition) is 4. The minimum absolute atomic E-state index is 0.00733. The maximum Gasteiger partial charge on any atom is 0.251 e. The highest BCUT2D eigenvalue weighted by Gasteiger charge is 2.55. The molecule has 4 aliphatic rings. The summed E-state index contributed by atoms with van der Waals surface area (Å²) in [6, 6.07) is 25.8. The Labute approximate surface area is 194 Å². The Morgan fingerprint density at radius 1 is 0.848 bits per heavy atom. The number of hydrogen-bond donors (Lipinski definition) is 2. The molecule has 33 heavy (non-hydrogen) atoms. The molecular formula is C28H29N3O2. The van der Waals surface area contributed by atoms with Gasteiger partial charge in [-0.15, -0.1) is 0 Å². The predicted octanol–water partition coefficient (Wildman–Crippen LogP) is 3.36. The lowest BCUT2D eigenvalue weighted by Gasteiger charge is -2.55. The molecular weight excluding hydrogens is 410 g/mol. The topological polar surface area (TPSA) is 55.8 Å². The fourth-order valence-electron chi connectivity index (χ4n) is 6.29. The van der Waals surface area contributed by atoms with E-state index < -0.39 is 0 Å². The first kappa shape index (κ1) is 20.5. The van der Waals surface area contributed by atoms with Gasteiger partial charge in [-0.3, -0.25) is 4.79 Å². The fraction of sp³-hybridized carbons (Fsp3) is 0.321. The Morgan fingerprint density at radius 3 is 2.24 bits per heavy atom. The number of aromatic hydroxyl groups is 1. The van der Waals surface area contributed by atoms with Crippen LogP contribution in [0.15, 0.2) is 78.9 Å². The molecule has 7 rings (SSSR count). The summed E-state index contributed by atoms with van der Waals surface area (Å²) >= 11 is 0. The molecule has 3 unspecified atom stereocenters. The maximum atomic E-state index is 13.6. The molecule has 0 saturated carbocycles. The lowest BCUT2D eigenvalue weighted by atomic mass is 9.64. The van der Waals surface area contributed by atoms with Gasteiger partial charge in [0.25, 0.3) is 5.91 Å². The molecule has 4 heterocycles. The van der Waals surface area contributed by atoms with Gasteiger partial charge in [0.15, 0.2) is 0 Å². The second-order valence-electron chi connectivity index (χ2n) is 9.83. The van der Waals surface area contributed by atoms with E-state index in [0.717, 1.165) is 50.4 Å². The Morgan fingerprint density at radius 2 is 1.55 bits per heavy atom. The van der Waals surface area contributed by atoms with Crippen LogP contribution in [0, 0.1) is 5.92 Å². The van der Waals surface area contributed by atoms with Gasteiger partial charge in [0.05, 0.1) is 0 Å². The van der Waals surface area contributed by atoms with E-state index >= 15 is 0 Å². The number of carbonyl (C=O) groups excluding carboxylic acids is 1. The number of fused-ring (bicyclic) bond motifs is 1. The monoisotopic (exact) mass is 439 g/mol. The number of nitrogens with one attached hydrogen (secondary N) is 1. The van der Waals surface area contributed by atoms with Crippen LogP contribution in [0.3, 0.4) is 0 Å². The third-order valence-electron chi connectivity index (χ3n) is 7.76. The van der Waals surface area contributed by atoms with E-state index in [1.807, 2.05) is 36.4 Å². The summed E-state index contributed by atoms with van der Waals surface area (Å²) < 4.78 is 0. The molecule has 4 bridgehead atoms. The summed E-state index contributed by atoms with van der Waals surface area (Å²) in [6.07, 6.45) is 0. The second kappa shape index (κ2) is 8.01. The number of benzene rings is 3. The van der Waals surface area contributed by atoms with Crippen LogP contribution in [-0.2, 0) is 5.41 Å². The number of carbonyl (C=O) groups is 1. The quantitative estimate of drug-likeness (QED) is 0.655. The summed E-state index contributed by atoms with van der Waals surface area (Å²) in [5.41, 5.74) is 3.86. The Kier molecular flexibility index (Phi) is 4.97. The van der Waals surface area contributed by atoms with E-state index in [1.54, 1.807) is 12.1 Å². The van der Waals surface area contributed by atoms with Crippen LogP contribution in [0.2, 0.25) is 0 Å². The first-order valence-corrected chi connectivity index (χ1v) is 11.8. The van der Waals surface area contributed by atoms with Crippen LogP contribution in [-0.4, -0.2) is 66.1 Å². The molecule has 3 aromatic carbocycles. The van der Waals surface area contributed by atoms with Crippen molar-refractivity contribution in [2.24, 2.45) is 5.92 Å². The van der Waals surface area contributed by atoms with Crippen LogP contribution in [0.5, 0.6) is 5.75 Å². The molecule has 4 saturated heterocycles. The van der Waals surface area contributed by atoms with Crippen molar-refractivity contribution >= 4 is 5.91 Å². The molecule has 2 N–H and O–H groups in total. The first-order valence-electron chi connectivity index (χ1n) is 11.8.